The molecule has 1 saturated heterocycles. The second-order valence-electron chi connectivity index (χ2n) is 8.85. The number of carbonyl (C=O) groups excluding carboxylic acids is 2. The highest BCUT2D eigenvalue weighted by molar-refractivity contribution is 6.30. The zero-order valence-electron chi connectivity index (χ0n) is 19.1. The van der Waals surface area contributed by atoms with Gasteiger partial charge < -0.3 is 9.80 Å². The highest BCUT2D eigenvalue weighted by Crippen LogP contribution is 2.35. The van der Waals surface area contributed by atoms with Gasteiger partial charge in [0.2, 0.25) is 5.91 Å². The molecule has 2 amide bonds. The molecule has 33 heavy (non-hydrogen) atoms. The monoisotopic (exact) mass is 460 g/mol. The van der Waals surface area contributed by atoms with Gasteiger partial charge in [-0.2, -0.15) is 0 Å². The van der Waals surface area contributed by atoms with E-state index < -0.39 is 0 Å². The number of piperidine rings is 1. The van der Waals surface area contributed by atoms with Crippen molar-refractivity contribution in [1.82, 2.24) is 9.80 Å². The molecule has 0 spiro atoms. The topological polar surface area (TPSA) is 40.6 Å². The number of carbonyl (C=O) groups is 2. The smallest absolute Gasteiger partial charge is 0.254 e. The van der Waals surface area contributed by atoms with Gasteiger partial charge in [-0.3, -0.25) is 9.59 Å². The molecule has 0 N–H and O–H groups in total. The van der Waals surface area contributed by atoms with Crippen LogP contribution in [0.25, 0.3) is 0 Å². The summed E-state index contributed by atoms with van der Waals surface area (Å²) in [6.07, 6.45) is 1.50. The zero-order chi connectivity index (χ0) is 23.4. The van der Waals surface area contributed by atoms with E-state index in [-0.39, 0.29) is 23.8 Å². The molecule has 1 fully saturated rings. The van der Waals surface area contributed by atoms with Gasteiger partial charge >= 0.3 is 0 Å². The van der Waals surface area contributed by atoms with Crippen LogP contribution in [0, 0.1) is 12.8 Å². The van der Waals surface area contributed by atoms with Gasteiger partial charge in [0.05, 0.1) is 12.0 Å². The van der Waals surface area contributed by atoms with Crippen molar-refractivity contribution in [3.8, 4) is 0 Å². The van der Waals surface area contributed by atoms with Crippen LogP contribution in [-0.2, 0) is 11.3 Å². The standard InChI is InChI=1S/C28H29ClN2O2/c1-20-7-6-10-23(17-20)26-16-13-24(27(32)30(2)18-21-8-4-3-5-9-21)19-31(26)28(33)22-11-14-25(29)15-12-22/h3-12,14-15,17,24,26H,13,16,18-19H2,1-2H3. The van der Waals surface area contributed by atoms with E-state index in [1.54, 1.807) is 29.2 Å². The lowest BCUT2D eigenvalue weighted by molar-refractivity contribution is -0.136. The minimum absolute atomic E-state index is 0.0587. The molecule has 2 unspecified atom stereocenters. The van der Waals surface area contributed by atoms with E-state index in [4.69, 9.17) is 11.6 Å². The average Bonchev–Trinajstić information content (AvgIpc) is 2.84. The van der Waals surface area contributed by atoms with Crippen molar-refractivity contribution in [2.45, 2.75) is 32.4 Å². The summed E-state index contributed by atoms with van der Waals surface area (Å²) in [5.41, 5.74) is 3.95. The molecule has 0 radical (unpaired) electrons. The normalized spacial score (nSPS) is 18.1. The summed E-state index contributed by atoms with van der Waals surface area (Å²) < 4.78 is 0. The van der Waals surface area contributed by atoms with E-state index in [0.717, 1.165) is 29.5 Å². The molecule has 4 rings (SSSR count). The predicted molar refractivity (Wildman–Crippen MR) is 132 cm³/mol. The molecule has 2 atom stereocenters. The SMILES string of the molecule is Cc1cccc(C2CCC(C(=O)N(C)Cc3ccccc3)CN2C(=O)c2ccc(Cl)cc2)c1. The number of likely N-dealkylation sites (tertiary alicyclic amines) is 1. The fraction of sp³-hybridized carbons (Fsp3) is 0.286. The van der Waals surface area contributed by atoms with Crippen LogP contribution in [0.15, 0.2) is 78.9 Å². The van der Waals surface area contributed by atoms with Crippen LogP contribution in [0.3, 0.4) is 0 Å². The van der Waals surface area contributed by atoms with Crippen molar-refractivity contribution in [3.05, 3.63) is 106 Å². The molecule has 3 aromatic rings. The van der Waals surface area contributed by atoms with E-state index in [9.17, 15) is 9.59 Å². The lowest BCUT2D eigenvalue weighted by Crippen LogP contribution is -2.47. The highest BCUT2D eigenvalue weighted by atomic mass is 35.5. The fourth-order valence-electron chi connectivity index (χ4n) is 4.63. The van der Waals surface area contributed by atoms with Gasteiger partial charge in [0.15, 0.2) is 0 Å². The Morgan fingerprint density at radius 2 is 1.70 bits per heavy atom. The van der Waals surface area contributed by atoms with Crippen LogP contribution in [-0.4, -0.2) is 35.2 Å². The summed E-state index contributed by atoms with van der Waals surface area (Å²) >= 11 is 6.04. The van der Waals surface area contributed by atoms with Crippen molar-refractivity contribution in [1.29, 1.82) is 0 Å². The van der Waals surface area contributed by atoms with Crippen LogP contribution in [0.5, 0.6) is 0 Å². The number of hydrogen-bond acceptors (Lipinski definition) is 2. The molecule has 1 aliphatic heterocycles. The highest BCUT2D eigenvalue weighted by Gasteiger charge is 2.37. The van der Waals surface area contributed by atoms with Crippen molar-refractivity contribution in [2.75, 3.05) is 13.6 Å². The largest absolute Gasteiger partial charge is 0.341 e. The van der Waals surface area contributed by atoms with E-state index >= 15 is 0 Å². The molecule has 1 heterocycles. The third-order valence-electron chi connectivity index (χ3n) is 6.35. The Morgan fingerprint density at radius 3 is 2.39 bits per heavy atom. The van der Waals surface area contributed by atoms with Crippen molar-refractivity contribution >= 4 is 23.4 Å². The molecule has 0 saturated carbocycles. The van der Waals surface area contributed by atoms with Crippen LogP contribution in [0.1, 0.15) is 45.9 Å². The molecule has 0 aromatic heterocycles. The van der Waals surface area contributed by atoms with Crippen molar-refractivity contribution < 1.29 is 9.59 Å². The van der Waals surface area contributed by atoms with Gasteiger partial charge in [-0.1, -0.05) is 71.8 Å². The van der Waals surface area contributed by atoms with Crippen LogP contribution >= 0.6 is 11.6 Å². The second-order valence-corrected chi connectivity index (χ2v) is 9.28. The van der Waals surface area contributed by atoms with E-state index in [0.29, 0.717) is 23.7 Å². The van der Waals surface area contributed by atoms with Crippen molar-refractivity contribution in [2.24, 2.45) is 5.92 Å². The summed E-state index contributed by atoms with van der Waals surface area (Å²) in [7, 11) is 1.84. The minimum atomic E-state index is -0.226. The molecule has 3 aromatic carbocycles. The first-order valence-corrected chi connectivity index (χ1v) is 11.7. The summed E-state index contributed by atoms with van der Waals surface area (Å²) in [5.74, 6) is -0.215. The number of aryl methyl sites for hydroxylation is 1. The molecular weight excluding hydrogens is 432 g/mol. The van der Waals surface area contributed by atoms with Crippen molar-refractivity contribution in [3.63, 3.8) is 0 Å². The third-order valence-corrected chi connectivity index (χ3v) is 6.60. The molecule has 5 heteroatoms. The molecule has 4 nitrogen and oxygen atoms in total. The number of rotatable bonds is 5. The molecule has 170 valence electrons. The summed E-state index contributed by atoms with van der Waals surface area (Å²) in [4.78, 5) is 30.5. The summed E-state index contributed by atoms with van der Waals surface area (Å²) in [5, 5.41) is 0.594. The number of halogens is 1. The zero-order valence-corrected chi connectivity index (χ0v) is 19.8. The summed E-state index contributed by atoms with van der Waals surface area (Å²) in [6.45, 7) is 3.02. The maximum Gasteiger partial charge on any atom is 0.254 e. The Labute approximate surface area is 200 Å². The van der Waals surface area contributed by atoms with E-state index in [1.165, 1.54) is 0 Å². The van der Waals surface area contributed by atoms with E-state index in [2.05, 4.69) is 25.1 Å². The minimum Gasteiger partial charge on any atom is -0.341 e. The lowest BCUT2D eigenvalue weighted by Gasteiger charge is -2.40. The number of amides is 2. The molecule has 0 bridgehead atoms. The van der Waals surface area contributed by atoms with E-state index in [1.807, 2.05) is 48.3 Å². The fourth-order valence-corrected chi connectivity index (χ4v) is 4.75. The Hall–Kier alpha value is -3.11. The van der Waals surface area contributed by atoms with Gasteiger partial charge in [-0.15, -0.1) is 0 Å². The van der Waals surface area contributed by atoms with Crippen LogP contribution < -0.4 is 0 Å². The Bertz CT molecular complexity index is 1110. The first kappa shape index (κ1) is 23.1. The average molecular weight is 461 g/mol. The van der Waals surface area contributed by atoms with Gasteiger partial charge in [-0.05, 0) is 55.2 Å². The lowest BCUT2D eigenvalue weighted by atomic mass is 9.87. The Balaban J connectivity index is 1.57. The van der Waals surface area contributed by atoms with Gasteiger partial charge in [-0.25, -0.2) is 0 Å². The van der Waals surface area contributed by atoms with Gasteiger partial charge in [0, 0.05) is 30.7 Å². The molecular formula is C28H29ClN2O2. The first-order chi connectivity index (χ1) is 15.9. The number of nitrogens with zero attached hydrogens (tertiary/aromatic N) is 2. The third kappa shape index (κ3) is 5.45. The Morgan fingerprint density at radius 1 is 0.970 bits per heavy atom. The van der Waals surface area contributed by atoms with Crippen LogP contribution in [0.2, 0.25) is 5.02 Å². The predicted octanol–water partition coefficient (Wildman–Crippen LogP) is 5.90. The molecule has 1 aliphatic rings. The first-order valence-electron chi connectivity index (χ1n) is 11.3. The number of hydrogen-bond donors (Lipinski definition) is 0. The maximum atomic E-state index is 13.6. The van der Waals surface area contributed by atoms with Crippen LogP contribution in [0.4, 0.5) is 0 Å². The Kier molecular flexibility index (Phi) is 7.14. The summed E-state index contributed by atoms with van der Waals surface area (Å²) in [6, 6.07) is 25.2. The number of benzene rings is 3. The molecule has 0 aliphatic carbocycles. The quantitative estimate of drug-likeness (QED) is 0.475. The van der Waals surface area contributed by atoms with Gasteiger partial charge in [0.1, 0.15) is 0 Å². The maximum absolute atomic E-state index is 13.6. The second kappa shape index (κ2) is 10.2. The van der Waals surface area contributed by atoms with Gasteiger partial charge in [0.25, 0.3) is 5.91 Å².